The molecule has 0 saturated heterocycles. The third-order valence-electron chi connectivity index (χ3n) is 7.64. The van der Waals surface area contributed by atoms with Gasteiger partial charge in [0.1, 0.15) is 5.76 Å². The summed E-state index contributed by atoms with van der Waals surface area (Å²) in [4.78, 5) is 30.7. The molecule has 1 aromatic carbocycles. The summed E-state index contributed by atoms with van der Waals surface area (Å²) in [5.41, 5.74) is 4.21. The fourth-order valence-corrected chi connectivity index (χ4v) is 5.78. The quantitative estimate of drug-likeness (QED) is 0.477. The first-order valence-electron chi connectivity index (χ1n) is 12.7. The van der Waals surface area contributed by atoms with Crippen LogP contribution >= 0.6 is 11.6 Å². The molecule has 0 unspecified atom stereocenters. The number of rotatable bonds is 7. The molecule has 1 fully saturated rings. The Kier molecular flexibility index (Phi) is 7.81. The van der Waals surface area contributed by atoms with Gasteiger partial charge in [-0.05, 0) is 85.2 Å². The standard InChI is InChI=1S/C28H37ClN4O3/c1-7-32(22-10-8-21(9-11-22)31(5)6)26-14-20(29)13-24(18(26)3)28(35)30-16-25-19(4)33-23(15-27(25)34)12-17(2)36-33/h12-15,21-22H,7-11,16H2,1-6H3,(H,30,35)/t21-,22-. The van der Waals surface area contributed by atoms with Gasteiger partial charge in [0.25, 0.3) is 5.91 Å². The number of anilines is 1. The number of amides is 1. The molecule has 1 amide bonds. The number of pyridine rings is 1. The van der Waals surface area contributed by atoms with Crippen LogP contribution < -0.4 is 15.6 Å². The van der Waals surface area contributed by atoms with Crippen LogP contribution in [0.5, 0.6) is 0 Å². The zero-order valence-corrected chi connectivity index (χ0v) is 22.9. The van der Waals surface area contributed by atoms with E-state index in [2.05, 4.69) is 36.1 Å². The lowest BCUT2D eigenvalue weighted by Gasteiger charge is -2.40. The second kappa shape index (κ2) is 10.7. The molecule has 2 aromatic heterocycles. The van der Waals surface area contributed by atoms with Crippen LogP contribution in [0.4, 0.5) is 5.69 Å². The summed E-state index contributed by atoms with van der Waals surface area (Å²) >= 11 is 6.53. The van der Waals surface area contributed by atoms with Crippen LogP contribution in [0.2, 0.25) is 5.02 Å². The topological polar surface area (TPSA) is 70.2 Å². The van der Waals surface area contributed by atoms with Crippen molar-refractivity contribution in [1.82, 2.24) is 14.8 Å². The van der Waals surface area contributed by atoms with E-state index in [4.69, 9.17) is 16.1 Å². The van der Waals surface area contributed by atoms with Crippen molar-refractivity contribution in [3.63, 3.8) is 0 Å². The normalized spacial score (nSPS) is 18.1. The van der Waals surface area contributed by atoms with Gasteiger partial charge in [0.15, 0.2) is 5.43 Å². The highest BCUT2D eigenvalue weighted by molar-refractivity contribution is 6.31. The third kappa shape index (κ3) is 5.18. The van der Waals surface area contributed by atoms with Gasteiger partial charge in [0.2, 0.25) is 0 Å². The number of nitrogens with one attached hydrogen (secondary N) is 1. The molecule has 3 aromatic rings. The highest BCUT2D eigenvalue weighted by atomic mass is 35.5. The first-order valence-corrected chi connectivity index (χ1v) is 13.1. The fourth-order valence-electron chi connectivity index (χ4n) is 5.56. The van der Waals surface area contributed by atoms with Crippen molar-refractivity contribution >= 4 is 28.7 Å². The van der Waals surface area contributed by atoms with E-state index in [9.17, 15) is 9.59 Å². The smallest absolute Gasteiger partial charge is 0.251 e. The molecule has 194 valence electrons. The molecule has 0 radical (unpaired) electrons. The lowest BCUT2D eigenvalue weighted by molar-refractivity contribution is 0.0950. The number of carbonyl (C=O) groups is 1. The highest BCUT2D eigenvalue weighted by Gasteiger charge is 2.28. The molecule has 1 aliphatic carbocycles. The van der Waals surface area contributed by atoms with Crippen LogP contribution in [0.15, 0.2) is 33.6 Å². The molecule has 0 spiro atoms. The van der Waals surface area contributed by atoms with Crippen molar-refractivity contribution in [1.29, 1.82) is 0 Å². The first-order chi connectivity index (χ1) is 17.1. The van der Waals surface area contributed by atoms with E-state index < -0.39 is 0 Å². The average Bonchev–Trinajstić information content (AvgIpc) is 3.21. The monoisotopic (exact) mass is 512 g/mol. The van der Waals surface area contributed by atoms with Crippen LogP contribution in [-0.2, 0) is 6.54 Å². The number of carbonyl (C=O) groups excluding carboxylic acids is 1. The van der Waals surface area contributed by atoms with Crippen LogP contribution in [-0.4, -0.2) is 48.1 Å². The molecule has 2 heterocycles. The Balaban J connectivity index is 1.56. The van der Waals surface area contributed by atoms with Gasteiger partial charge in [0, 0.05) is 59.1 Å². The van der Waals surface area contributed by atoms with Gasteiger partial charge in [-0.15, -0.1) is 0 Å². The van der Waals surface area contributed by atoms with Crippen molar-refractivity contribution in [2.24, 2.45) is 0 Å². The molecule has 1 saturated carbocycles. The van der Waals surface area contributed by atoms with Crippen molar-refractivity contribution in [3.05, 3.63) is 67.7 Å². The first kappa shape index (κ1) is 26.3. The van der Waals surface area contributed by atoms with E-state index in [0.717, 1.165) is 49.2 Å². The Labute approximate surface area is 218 Å². The summed E-state index contributed by atoms with van der Waals surface area (Å²) in [6.07, 6.45) is 4.55. The van der Waals surface area contributed by atoms with E-state index in [1.807, 2.05) is 32.9 Å². The number of benzene rings is 1. The van der Waals surface area contributed by atoms with Crippen molar-refractivity contribution in [3.8, 4) is 0 Å². The molecule has 1 N–H and O–H groups in total. The molecular weight excluding hydrogens is 476 g/mol. The number of halogens is 1. The van der Waals surface area contributed by atoms with Crippen molar-refractivity contribution in [2.45, 2.75) is 72.0 Å². The molecule has 0 bridgehead atoms. The minimum absolute atomic E-state index is 0.111. The Morgan fingerprint density at radius 3 is 2.39 bits per heavy atom. The lowest BCUT2D eigenvalue weighted by atomic mass is 9.89. The Bertz CT molecular complexity index is 1320. The van der Waals surface area contributed by atoms with E-state index in [1.165, 1.54) is 6.07 Å². The van der Waals surface area contributed by atoms with Gasteiger partial charge in [0.05, 0.1) is 11.2 Å². The van der Waals surface area contributed by atoms with E-state index in [0.29, 0.717) is 39.4 Å². The van der Waals surface area contributed by atoms with Crippen molar-refractivity contribution in [2.75, 3.05) is 25.5 Å². The maximum absolute atomic E-state index is 13.3. The summed E-state index contributed by atoms with van der Waals surface area (Å²) in [5.74, 6) is 0.472. The molecule has 7 nitrogen and oxygen atoms in total. The predicted molar refractivity (Wildman–Crippen MR) is 146 cm³/mol. The molecule has 0 aliphatic heterocycles. The minimum Gasteiger partial charge on any atom is -0.380 e. The second-order valence-corrected chi connectivity index (χ2v) is 10.6. The molecule has 8 heteroatoms. The number of aromatic nitrogens is 1. The van der Waals surface area contributed by atoms with Gasteiger partial charge in [-0.2, -0.15) is 4.57 Å². The Morgan fingerprint density at radius 2 is 1.75 bits per heavy atom. The van der Waals surface area contributed by atoms with E-state index in [1.54, 1.807) is 10.6 Å². The average molecular weight is 513 g/mol. The van der Waals surface area contributed by atoms with E-state index in [-0.39, 0.29) is 17.9 Å². The zero-order chi connectivity index (χ0) is 26.1. The van der Waals surface area contributed by atoms with Crippen molar-refractivity contribution < 1.29 is 9.32 Å². The molecular formula is C28H37ClN4O3. The highest BCUT2D eigenvalue weighted by Crippen LogP contribution is 2.34. The molecule has 36 heavy (non-hydrogen) atoms. The maximum atomic E-state index is 13.3. The molecule has 1 aliphatic rings. The number of fused-ring (bicyclic) bond motifs is 1. The van der Waals surface area contributed by atoms with Gasteiger partial charge < -0.3 is 19.6 Å². The molecule has 0 atom stereocenters. The minimum atomic E-state index is -0.247. The summed E-state index contributed by atoms with van der Waals surface area (Å²) in [6, 6.07) is 8.09. The van der Waals surface area contributed by atoms with Gasteiger partial charge in [-0.1, -0.05) is 11.6 Å². The SMILES string of the molecule is CCN(c1cc(Cl)cc(C(=O)NCc2c(C)n3oc(C)cc3cc2=O)c1C)[C@H]1CC[C@H](N(C)C)CC1. The summed E-state index contributed by atoms with van der Waals surface area (Å²) < 4.78 is 7.32. The number of aryl methyl sites for hydroxylation is 2. The maximum Gasteiger partial charge on any atom is 0.251 e. The van der Waals surface area contributed by atoms with Crippen LogP contribution in [0.3, 0.4) is 0 Å². The number of hydrogen-bond acceptors (Lipinski definition) is 5. The van der Waals surface area contributed by atoms with Gasteiger partial charge in [-0.25, -0.2) is 0 Å². The van der Waals surface area contributed by atoms with E-state index >= 15 is 0 Å². The largest absolute Gasteiger partial charge is 0.380 e. The Hall–Kier alpha value is -2.77. The lowest BCUT2D eigenvalue weighted by Crippen LogP contribution is -2.42. The summed E-state index contributed by atoms with van der Waals surface area (Å²) in [7, 11) is 4.30. The van der Waals surface area contributed by atoms with Gasteiger partial charge in [-0.3, -0.25) is 9.59 Å². The summed E-state index contributed by atoms with van der Waals surface area (Å²) in [6.45, 7) is 8.75. The van der Waals surface area contributed by atoms with Crippen LogP contribution in [0.25, 0.3) is 5.52 Å². The number of hydrogen-bond donors (Lipinski definition) is 1. The van der Waals surface area contributed by atoms with Gasteiger partial charge >= 0.3 is 0 Å². The fraction of sp³-hybridized carbons (Fsp3) is 0.500. The molecule has 4 rings (SSSR count). The third-order valence-corrected chi connectivity index (χ3v) is 7.86. The second-order valence-electron chi connectivity index (χ2n) is 10.1. The zero-order valence-electron chi connectivity index (χ0n) is 22.2. The van der Waals surface area contributed by atoms with Crippen LogP contribution in [0.1, 0.15) is 65.5 Å². The number of nitrogens with zero attached hydrogens (tertiary/aromatic N) is 3. The predicted octanol–water partition coefficient (Wildman–Crippen LogP) is 5.10. The van der Waals surface area contributed by atoms with Crippen LogP contribution in [0, 0.1) is 20.8 Å². The Morgan fingerprint density at radius 1 is 1.08 bits per heavy atom. The summed E-state index contributed by atoms with van der Waals surface area (Å²) in [5, 5.41) is 3.47.